The number of carbonyl (C=O) groups is 1. The van der Waals surface area contributed by atoms with E-state index in [4.69, 9.17) is 9.47 Å². The van der Waals surface area contributed by atoms with Crippen LogP contribution in [0, 0.1) is 0 Å². The third-order valence-electron chi connectivity index (χ3n) is 5.87. The number of rotatable bonds is 9. The summed E-state index contributed by atoms with van der Waals surface area (Å²) < 4.78 is 11.5. The van der Waals surface area contributed by atoms with Crippen molar-refractivity contribution < 1.29 is 14.3 Å². The first-order valence-corrected chi connectivity index (χ1v) is 10.7. The van der Waals surface area contributed by atoms with Gasteiger partial charge in [-0.3, -0.25) is 0 Å². The summed E-state index contributed by atoms with van der Waals surface area (Å²) in [4.78, 5) is 13.8. The van der Waals surface area contributed by atoms with E-state index in [1.165, 1.54) is 50.5 Å². The molecule has 1 aliphatic heterocycles. The van der Waals surface area contributed by atoms with E-state index in [-0.39, 0.29) is 12.2 Å². The van der Waals surface area contributed by atoms with Crippen LogP contribution in [0.4, 0.5) is 4.79 Å². The van der Waals surface area contributed by atoms with Crippen LogP contribution < -0.4 is 4.74 Å². The third kappa shape index (κ3) is 5.06. The van der Waals surface area contributed by atoms with Crippen LogP contribution in [-0.4, -0.2) is 36.3 Å². The molecule has 4 rings (SSSR count). The molecule has 2 fully saturated rings. The first kappa shape index (κ1) is 18.4. The molecule has 0 radical (unpaired) electrons. The number of aryl methyl sites for hydroxylation is 1. The molecule has 1 aromatic rings. The number of nitrogens with zero attached hydrogens (tertiary/aromatic N) is 1. The summed E-state index contributed by atoms with van der Waals surface area (Å²) in [6.45, 7) is 1.11. The van der Waals surface area contributed by atoms with Gasteiger partial charge in [0.15, 0.2) is 6.10 Å². The number of carbonyl (C=O) groups excluding carboxylic acids is 1. The second kappa shape index (κ2) is 8.81. The molecule has 1 saturated heterocycles. The summed E-state index contributed by atoms with van der Waals surface area (Å²) in [6, 6.07) is 8.70. The van der Waals surface area contributed by atoms with Crippen LogP contribution in [0.25, 0.3) is 0 Å². The van der Waals surface area contributed by atoms with Crippen LogP contribution in [0.15, 0.2) is 35.9 Å². The van der Waals surface area contributed by atoms with Crippen molar-refractivity contribution in [1.82, 2.24) is 4.90 Å². The van der Waals surface area contributed by atoms with Crippen molar-refractivity contribution in [3.8, 4) is 5.75 Å². The Hall–Kier alpha value is -1.97. The lowest BCUT2D eigenvalue weighted by molar-refractivity contribution is 0.102. The number of hydrogen-bond acceptors (Lipinski definition) is 3. The highest BCUT2D eigenvalue weighted by Gasteiger charge is 2.41. The fourth-order valence-electron chi connectivity index (χ4n) is 4.15. The van der Waals surface area contributed by atoms with Crippen molar-refractivity contribution in [3.63, 3.8) is 0 Å². The standard InChI is InChI=1S/C23H31NO3/c25-23-24(20-14-15-20)16-21(27-23)17-26-22-13-7-6-12-19(22)11-5-4-10-18-8-2-1-3-9-18/h6-8,12-13,20-21H,1-5,9-11,14-17H2. The molecule has 1 heterocycles. The highest BCUT2D eigenvalue weighted by atomic mass is 16.6. The quantitative estimate of drug-likeness (QED) is 0.440. The first-order chi connectivity index (χ1) is 13.3. The molecule has 146 valence electrons. The lowest BCUT2D eigenvalue weighted by Crippen LogP contribution is -2.28. The number of allylic oxidation sites excluding steroid dienone is 2. The zero-order valence-corrected chi connectivity index (χ0v) is 16.2. The summed E-state index contributed by atoms with van der Waals surface area (Å²) in [5.41, 5.74) is 2.92. The van der Waals surface area contributed by atoms with Crippen molar-refractivity contribution >= 4 is 6.09 Å². The van der Waals surface area contributed by atoms with E-state index in [0.717, 1.165) is 25.0 Å². The number of cyclic esters (lactones) is 1. The van der Waals surface area contributed by atoms with Crippen LogP contribution in [0.5, 0.6) is 5.75 Å². The van der Waals surface area contributed by atoms with E-state index < -0.39 is 0 Å². The summed E-state index contributed by atoms with van der Waals surface area (Å²) in [5.74, 6) is 0.940. The summed E-state index contributed by atoms with van der Waals surface area (Å²) >= 11 is 0. The first-order valence-electron chi connectivity index (χ1n) is 10.7. The number of unbranched alkanes of at least 4 members (excludes halogenated alkanes) is 1. The molecule has 0 N–H and O–H groups in total. The Morgan fingerprint density at radius 1 is 1.11 bits per heavy atom. The minimum atomic E-state index is -0.170. The zero-order chi connectivity index (χ0) is 18.5. The van der Waals surface area contributed by atoms with Gasteiger partial charge in [-0.05, 0) is 75.8 Å². The molecule has 1 unspecified atom stereocenters. The number of benzene rings is 1. The Kier molecular flexibility index (Phi) is 6.00. The summed E-state index contributed by atoms with van der Waals surface area (Å²) in [7, 11) is 0. The number of para-hydroxylation sites is 1. The lowest BCUT2D eigenvalue weighted by atomic mass is 9.94. The molecule has 2 aliphatic carbocycles. The van der Waals surface area contributed by atoms with Gasteiger partial charge in [-0.1, -0.05) is 29.8 Å². The predicted octanol–water partition coefficient (Wildman–Crippen LogP) is 5.26. The third-order valence-corrected chi connectivity index (χ3v) is 5.87. The van der Waals surface area contributed by atoms with Gasteiger partial charge >= 0.3 is 6.09 Å². The molecule has 1 amide bonds. The maximum absolute atomic E-state index is 11.9. The van der Waals surface area contributed by atoms with Crippen LogP contribution in [0.2, 0.25) is 0 Å². The Balaban J connectivity index is 1.23. The smallest absolute Gasteiger partial charge is 0.410 e. The average Bonchev–Trinajstić information content (AvgIpc) is 3.47. The van der Waals surface area contributed by atoms with E-state index in [1.54, 1.807) is 5.57 Å². The maximum atomic E-state index is 11.9. The van der Waals surface area contributed by atoms with E-state index in [2.05, 4.69) is 18.2 Å². The van der Waals surface area contributed by atoms with Crippen molar-refractivity contribution in [2.24, 2.45) is 0 Å². The van der Waals surface area contributed by atoms with Gasteiger partial charge in [-0.15, -0.1) is 0 Å². The van der Waals surface area contributed by atoms with E-state index >= 15 is 0 Å². The molecule has 0 bridgehead atoms. The minimum absolute atomic E-state index is 0.149. The minimum Gasteiger partial charge on any atom is -0.489 e. The second-order valence-electron chi connectivity index (χ2n) is 8.12. The molecule has 0 aromatic heterocycles. The molecule has 3 aliphatic rings. The van der Waals surface area contributed by atoms with Gasteiger partial charge in [0, 0.05) is 6.04 Å². The van der Waals surface area contributed by atoms with Crippen molar-refractivity contribution in [2.75, 3.05) is 13.2 Å². The Morgan fingerprint density at radius 2 is 1.96 bits per heavy atom. The number of hydrogen-bond donors (Lipinski definition) is 0. The monoisotopic (exact) mass is 369 g/mol. The zero-order valence-electron chi connectivity index (χ0n) is 16.2. The molecular weight excluding hydrogens is 338 g/mol. The number of amides is 1. The molecule has 4 nitrogen and oxygen atoms in total. The van der Waals surface area contributed by atoms with Crippen LogP contribution in [0.3, 0.4) is 0 Å². The van der Waals surface area contributed by atoms with Crippen LogP contribution in [0.1, 0.15) is 63.4 Å². The molecule has 4 heteroatoms. The van der Waals surface area contributed by atoms with Crippen molar-refractivity contribution in [2.45, 2.75) is 76.4 Å². The lowest BCUT2D eigenvalue weighted by Gasteiger charge is -2.15. The largest absolute Gasteiger partial charge is 0.489 e. The maximum Gasteiger partial charge on any atom is 0.410 e. The highest BCUT2D eigenvalue weighted by molar-refractivity contribution is 5.70. The predicted molar refractivity (Wildman–Crippen MR) is 106 cm³/mol. The Bertz CT molecular complexity index is 680. The topological polar surface area (TPSA) is 38.8 Å². The van der Waals surface area contributed by atoms with E-state index in [0.29, 0.717) is 19.2 Å². The SMILES string of the molecule is O=C1OC(COc2ccccc2CCCCC2=CCCCC2)CN1C1CC1. The molecule has 1 atom stereocenters. The molecule has 0 spiro atoms. The highest BCUT2D eigenvalue weighted by Crippen LogP contribution is 2.31. The van der Waals surface area contributed by atoms with E-state index in [9.17, 15) is 4.79 Å². The summed E-state index contributed by atoms with van der Waals surface area (Å²) in [6.07, 6.45) is 14.4. The van der Waals surface area contributed by atoms with Gasteiger partial charge in [0.05, 0.1) is 6.54 Å². The van der Waals surface area contributed by atoms with Gasteiger partial charge in [0.2, 0.25) is 0 Å². The average molecular weight is 370 g/mol. The fourth-order valence-corrected chi connectivity index (χ4v) is 4.15. The number of ether oxygens (including phenoxy) is 2. The molecular formula is C23H31NO3. The van der Waals surface area contributed by atoms with Gasteiger partial charge in [0.1, 0.15) is 12.4 Å². The van der Waals surface area contributed by atoms with Crippen LogP contribution in [-0.2, 0) is 11.2 Å². The molecule has 1 aromatic carbocycles. The second-order valence-corrected chi connectivity index (χ2v) is 8.12. The van der Waals surface area contributed by atoms with Gasteiger partial charge in [-0.25, -0.2) is 4.79 Å². The fraction of sp³-hybridized carbons (Fsp3) is 0.609. The van der Waals surface area contributed by atoms with E-state index in [1.807, 2.05) is 17.0 Å². The van der Waals surface area contributed by atoms with Gasteiger partial charge in [0.25, 0.3) is 0 Å². The Labute approximate surface area is 162 Å². The van der Waals surface area contributed by atoms with Crippen LogP contribution >= 0.6 is 0 Å². The van der Waals surface area contributed by atoms with Crippen molar-refractivity contribution in [3.05, 3.63) is 41.5 Å². The van der Waals surface area contributed by atoms with Gasteiger partial charge < -0.3 is 14.4 Å². The van der Waals surface area contributed by atoms with Crippen molar-refractivity contribution in [1.29, 1.82) is 0 Å². The van der Waals surface area contributed by atoms with Gasteiger partial charge in [-0.2, -0.15) is 0 Å². The Morgan fingerprint density at radius 3 is 2.78 bits per heavy atom. The summed E-state index contributed by atoms with van der Waals surface area (Å²) in [5, 5.41) is 0. The molecule has 27 heavy (non-hydrogen) atoms. The normalized spacial score (nSPS) is 22.5. The molecule has 1 saturated carbocycles.